The van der Waals surface area contributed by atoms with Gasteiger partial charge in [0.2, 0.25) is 0 Å². The van der Waals surface area contributed by atoms with E-state index in [0.29, 0.717) is 6.42 Å². The third kappa shape index (κ3) is 4.18. The van der Waals surface area contributed by atoms with Crippen molar-refractivity contribution in [2.24, 2.45) is 0 Å². The fourth-order valence-electron chi connectivity index (χ4n) is 1.52. The molecule has 0 aliphatic carbocycles. The molecular formula is C11H15N3O5. The summed E-state index contributed by atoms with van der Waals surface area (Å²) >= 11 is 0. The van der Waals surface area contributed by atoms with Crippen molar-refractivity contribution in [3.05, 3.63) is 27.9 Å². The second kappa shape index (κ2) is 6.64. The van der Waals surface area contributed by atoms with Crippen molar-refractivity contribution < 1.29 is 19.9 Å². The maximum Gasteiger partial charge on any atom is 0.342 e. The molecule has 1 atom stereocenters. The molecule has 8 nitrogen and oxygen atoms in total. The lowest BCUT2D eigenvalue weighted by Gasteiger charge is -2.11. The smallest absolute Gasteiger partial charge is 0.342 e. The molecule has 8 heteroatoms. The largest absolute Gasteiger partial charge is 0.477 e. The lowest BCUT2D eigenvalue weighted by molar-refractivity contribution is -0.385. The Morgan fingerprint density at radius 2 is 2.32 bits per heavy atom. The number of hydrogen-bond acceptors (Lipinski definition) is 6. The second-order valence-electron chi connectivity index (χ2n) is 3.97. The second-order valence-corrected chi connectivity index (χ2v) is 3.97. The number of aromatic nitrogens is 1. The minimum atomic E-state index is -1.40. The molecule has 3 N–H and O–H groups in total. The number of carbonyl (C=O) groups is 1. The Balaban J connectivity index is 2.84. The summed E-state index contributed by atoms with van der Waals surface area (Å²) in [4.78, 5) is 24.5. The zero-order valence-electron chi connectivity index (χ0n) is 10.4. The summed E-state index contributed by atoms with van der Waals surface area (Å²) < 4.78 is 0. The average molecular weight is 269 g/mol. The number of carboxylic acids is 1. The van der Waals surface area contributed by atoms with Crippen molar-refractivity contribution in [2.75, 3.05) is 11.9 Å². The Morgan fingerprint density at radius 3 is 2.84 bits per heavy atom. The average Bonchev–Trinajstić information content (AvgIpc) is 2.36. The Hall–Kier alpha value is -2.22. The van der Waals surface area contributed by atoms with Crippen molar-refractivity contribution in [2.45, 2.75) is 25.9 Å². The summed E-state index contributed by atoms with van der Waals surface area (Å²) in [5.41, 5.74) is -1.00. The first kappa shape index (κ1) is 14.8. The summed E-state index contributed by atoms with van der Waals surface area (Å²) in [6.45, 7) is 2.13. The van der Waals surface area contributed by atoms with E-state index in [9.17, 15) is 20.0 Å². The maximum atomic E-state index is 10.9. The first-order valence-electron chi connectivity index (χ1n) is 5.75. The van der Waals surface area contributed by atoms with Gasteiger partial charge in [-0.2, -0.15) is 0 Å². The minimum Gasteiger partial charge on any atom is -0.477 e. The molecule has 1 unspecified atom stereocenters. The number of aromatic carboxylic acids is 1. The molecule has 1 heterocycles. The normalized spacial score (nSPS) is 11.9. The molecular weight excluding hydrogens is 254 g/mol. The SMILES string of the molecule is CCCC(O)CNc1cc(C(=O)O)c([N+](=O)[O-])cn1. The standard InChI is InChI=1S/C11H15N3O5/c1-2-3-7(15)5-12-10-4-8(11(16)17)9(6-13-10)14(18)19/h4,6-7,15H,2-3,5H2,1H3,(H,12,13)(H,16,17). The molecule has 0 amide bonds. The number of nitrogens with zero attached hydrogens (tertiary/aromatic N) is 2. The fourth-order valence-corrected chi connectivity index (χ4v) is 1.52. The van der Waals surface area contributed by atoms with Crippen molar-refractivity contribution in [3.8, 4) is 0 Å². The van der Waals surface area contributed by atoms with E-state index in [1.54, 1.807) is 0 Å². The number of aliphatic hydroxyl groups excluding tert-OH is 1. The quantitative estimate of drug-likeness (QED) is 0.502. The molecule has 0 spiro atoms. The highest BCUT2D eigenvalue weighted by atomic mass is 16.6. The molecule has 0 fully saturated rings. The van der Waals surface area contributed by atoms with Crippen molar-refractivity contribution in [1.29, 1.82) is 0 Å². The van der Waals surface area contributed by atoms with Gasteiger partial charge < -0.3 is 15.5 Å². The Labute approximate surface area is 109 Å². The first-order valence-corrected chi connectivity index (χ1v) is 5.75. The number of hydrogen-bond donors (Lipinski definition) is 3. The van der Waals surface area contributed by atoms with Crippen LogP contribution in [0, 0.1) is 10.1 Å². The number of rotatable bonds is 7. The van der Waals surface area contributed by atoms with Gasteiger partial charge in [-0.05, 0) is 6.42 Å². The predicted octanol–water partition coefficient (Wildman–Crippen LogP) is 1.26. The van der Waals surface area contributed by atoms with E-state index in [1.165, 1.54) is 0 Å². The van der Waals surface area contributed by atoms with Crippen LogP contribution >= 0.6 is 0 Å². The number of nitro groups is 1. The van der Waals surface area contributed by atoms with E-state index in [2.05, 4.69) is 10.3 Å². The van der Waals surface area contributed by atoms with Crippen LogP contribution in [0.1, 0.15) is 30.1 Å². The molecule has 0 radical (unpaired) electrons. The van der Waals surface area contributed by atoms with Gasteiger partial charge in [-0.15, -0.1) is 0 Å². The van der Waals surface area contributed by atoms with Gasteiger partial charge in [-0.3, -0.25) is 10.1 Å². The summed E-state index contributed by atoms with van der Waals surface area (Å²) in [6.07, 6.45) is 1.73. The van der Waals surface area contributed by atoms with Gasteiger partial charge in [0, 0.05) is 12.6 Å². The molecule has 0 aliphatic rings. The van der Waals surface area contributed by atoms with Crippen LogP contribution in [0.25, 0.3) is 0 Å². The summed E-state index contributed by atoms with van der Waals surface area (Å²) in [7, 11) is 0. The highest BCUT2D eigenvalue weighted by Gasteiger charge is 2.21. The van der Waals surface area contributed by atoms with E-state index in [4.69, 9.17) is 5.11 Å². The first-order chi connectivity index (χ1) is 8.95. The van der Waals surface area contributed by atoms with E-state index in [0.717, 1.165) is 18.7 Å². The lowest BCUT2D eigenvalue weighted by Crippen LogP contribution is -2.19. The molecule has 19 heavy (non-hydrogen) atoms. The minimum absolute atomic E-state index is 0.179. The van der Waals surface area contributed by atoms with Crippen molar-refractivity contribution in [3.63, 3.8) is 0 Å². The van der Waals surface area contributed by atoms with Crippen molar-refractivity contribution in [1.82, 2.24) is 4.98 Å². The molecule has 1 aromatic rings. The third-order valence-corrected chi connectivity index (χ3v) is 2.45. The third-order valence-electron chi connectivity index (χ3n) is 2.45. The van der Waals surface area contributed by atoms with E-state index in [1.807, 2.05) is 6.92 Å². The van der Waals surface area contributed by atoms with Crippen LogP contribution in [0.5, 0.6) is 0 Å². The van der Waals surface area contributed by atoms with Crippen LogP contribution in [-0.4, -0.2) is 38.7 Å². The zero-order valence-corrected chi connectivity index (χ0v) is 10.4. The number of carboxylic acid groups (broad SMARTS) is 1. The lowest BCUT2D eigenvalue weighted by atomic mass is 10.2. The molecule has 0 saturated heterocycles. The Bertz CT molecular complexity index is 477. The number of anilines is 1. The molecule has 104 valence electrons. The van der Waals surface area contributed by atoms with Gasteiger partial charge in [0.25, 0.3) is 0 Å². The van der Waals surface area contributed by atoms with Gasteiger partial charge in [-0.1, -0.05) is 13.3 Å². The molecule has 1 aromatic heterocycles. The molecule has 1 rings (SSSR count). The van der Waals surface area contributed by atoms with E-state index in [-0.39, 0.29) is 12.4 Å². The molecule has 0 aliphatic heterocycles. The molecule has 0 saturated carbocycles. The van der Waals surface area contributed by atoms with Gasteiger partial charge in [0.05, 0.1) is 11.0 Å². The highest BCUT2D eigenvalue weighted by molar-refractivity contribution is 5.93. The van der Waals surface area contributed by atoms with E-state index < -0.39 is 28.2 Å². The Kier molecular flexibility index (Phi) is 5.19. The van der Waals surface area contributed by atoms with Crippen LogP contribution in [0.2, 0.25) is 0 Å². The predicted molar refractivity (Wildman–Crippen MR) is 67.3 cm³/mol. The van der Waals surface area contributed by atoms with Gasteiger partial charge in [0.1, 0.15) is 17.6 Å². The van der Waals surface area contributed by atoms with Gasteiger partial charge in [-0.25, -0.2) is 9.78 Å². The van der Waals surface area contributed by atoms with Crippen LogP contribution in [-0.2, 0) is 0 Å². The number of nitrogens with one attached hydrogen (secondary N) is 1. The van der Waals surface area contributed by atoms with Gasteiger partial charge in [0.15, 0.2) is 0 Å². The maximum absolute atomic E-state index is 10.9. The summed E-state index contributed by atoms with van der Waals surface area (Å²) in [5, 5.41) is 31.8. The molecule has 0 bridgehead atoms. The fraction of sp³-hybridized carbons (Fsp3) is 0.455. The summed E-state index contributed by atoms with van der Waals surface area (Å²) in [6, 6.07) is 1.08. The van der Waals surface area contributed by atoms with Gasteiger partial charge >= 0.3 is 11.7 Å². The van der Waals surface area contributed by atoms with Crippen molar-refractivity contribution >= 4 is 17.5 Å². The van der Waals surface area contributed by atoms with E-state index >= 15 is 0 Å². The highest BCUT2D eigenvalue weighted by Crippen LogP contribution is 2.20. The van der Waals surface area contributed by atoms with Crippen LogP contribution < -0.4 is 5.32 Å². The summed E-state index contributed by atoms with van der Waals surface area (Å²) in [5.74, 6) is -1.22. The topological polar surface area (TPSA) is 126 Å². The molecule has 0 aromatic carbocycles. The van der Waals surface area contributed by atoms with Crippen LogP contribution in [0.3, 0.4) is 0 Å². The number of aliphatic hydroxyl groups is 1. The van der Waals surface area contributed by atoms with Crippen LogP contribution in [0.4, 0.5) is 11.5 Å². The Morgan fingerprint density at radius 1 is 1.63 bits per heavy atom. The zero-order chi connectivity index (χ0) is 14.4. The number of pyridine rings is 1. The monoisotopic (exact) mass is 269 g/mol. The van der Waals surface area contributed by atoms with Crippen LogP contribution in [0.15, 0.2) is 12.3 Å².